The van der Waals surface area contributed by atoms with Crippen molar-refractivity contribution in [3.8, 4) is 0 Å². The van der Waals surface area contributed by atoms with E-state index in [1.165, 1.54) is 0 Å². The second-order valence-electron chi connectivity index (χ2n) is 3.68. The smallest absolute Gasteiger partial charge is 0.194 e. The fourth-order valence-electron chi connectivity index (χ4n) is 1.59. The van der Waals surface area contributed by atoms with Gasteiger partial charge in [0, 0.05) is 11.1 Å². The van der Waals surface area contributed by atoms with Crippen LogP contribution in [0, 0.1) is 6.92 Å². The standard InChI is InChI=1S/C14H11ClO/c1-10-5-4-6-11(9-10)14(16)12-7-2-3-8-13(12)15/h2-9H,1H3. The van der Waals surface area contributed by atoms with Crippen molar-refractivity contribution in [2.45, 2.75) is 6.92 Å². The van der Waals surface area contributed by atoms with E-state index in [1.54, 1.807) is 18.2 Å². The summed E-state index contributed by atoms with van der Waals surface area (Å²) in [6.45, 7) is 1.96. The van der Waals surface area contributed by atoms with E-state index in [-0.39, 0.29) is 5.78 Å². The molecule has 0 bridgehead atoms. The first-order valence-electron chi connectivity index (χ1n) is 5.04. The Hall–Kier alpha value is -1.60. The van der Waals surface area contributed by atoms with Crippen LogP contribution in [0.1, 0.15) is 21.5 Å². The number of benzene rings is 2. The van der Waals surface area contributed by atoms with E-state index >= 15 is 0 Å². The number of halogens is 1. The van der Waals surface area contributed by atoms with Crippen LogP contribution in [0.15, 0.2) is 48.5 Å². The molecule has 0 heterocycles. The van der Waals surface area contributed by atoms with E-state index < -0.39 is 0 Å². The summed E-state index contributed by atoms with van der Waals surface area (Å²) >= 11 is 5.99. The van der Waals surface area contributed by atoms with Gasteiger partial charge in [-0.15, -0.1) is 0 Å². The number of hydrogen-bond donors (Lipinski definition) is 0. The van der Waals surface area contributed by atoms with Gasteiger partial charge in [0.15, 0.2) is 5.78 Å². The third kappa shape index (κ3) is 2.15. The summed E-state index contributed by atoms with van der Waals surface area (Å²) < 4.78 is 0. The molecule has 0 unspecified atom stereocenters. The molecule has 0 amide bonds. The molecule has 0 atom stereocenters. The average molecular weight is 231 g/mol. The number of aryl methyl sites for hydroxylation is 1. The molecule has 2 aromatic rings. The molecule has 0 N–H and O–H groups in total. The molecular formula is C14H11ClO. The molecule has 0 aliphatic carbocycles. The van der Waals surface area contributed by atoms with Crippen molar-refractivity contribution in [3.63, 3.8) is 0 Å². The highest BCUT2D eigenvalue weighted by atomic mass is 35.5. The molecule has 2 heteroatoms. The molecule has 0 aliphatic rings. The van der Waals surface area contributed by atoms with Crippen LogP contribution < -0.4 is 0 Å². The highest BCUT2D eigenvalue weighted by molar-refractivity contribution is 6.34. The second-order valence-corrected chi connectivity index (χ2v) is 4.09. The van der Waals surface area contributed by atoms with Gasteiger partial charge in [0.2, 0.25) is 0 Å². The maximum absolute atomic E-state index is 12.1. The minimum atomic E-state index is -0.0331. The summed E-state index contributed by atoms with van der Waals surface area (Å²) in [5.74, 6) is -0.0331. The fraction of sp³-hybridized carbons (Fsp3) is 0.0714. The molecule has 16 heavy (non-hydrogen) atoms. The molecule has 80 valence electrons. The van der Waals surface area contributed by atoms with Gasteiger partial charge in [-0.3, -0.25) is 4.79 Å². The first kappa shape index (κ1) is 10.9. The Morgan fingerprint density at radius 1 is 1.06 bits per heavy atom. The molecule has 0 aromatic heterocycles. The van der Waals surface area contributed by atoms with Crippen LogP contribution in [-0.2, 0) is 0 Å². The van der Waals surface area contributed by atoms with Crippen LogP contribution >= 0.6 is 11.6 Å². The van der Waals surface area contributed by atoms with E-state index in [2.05, 4.69) is 0 Å². The third-order valence-electron chi connectivity index (χ3n) is 2.40. The van der Waals surface area contributed by atoms with Crippen LogP contribution in [0.2, 0.25) is 5.02 Å². The highest BCUT2D eigenvalue weighted by Gasteiger charge is 2.11. The van der Waals surface area contributed by atoms with Gasteiger partial charge in [-0.05, 0) is 25.1 Å². The fourth-order valence-corrected chi connectivity index (χ4v) is 1.81. The molecule has 2 rings (SSSR count). The van der Waals surface area contributed by atoms with E-state index in [0.717, 1.165) is 5.56 Å². The molecule has 0 saturated carbocycles. The van der Waals surface area contributed by atoms with Crippen molar-refractivity contribution in [2.75, 3.05) is 0 Å². The lowest BCUT2D eigenvalue weighted by Crippen LogP contribution is -2.02. The van der Waals surface area contributed by atoms with Crippen LogP contribution in [0.3, 0.4) is 0 Å². The topological polar surface area (TPSA) is 17.1 Å². The first-order chi connectivity index (χ1) is 7.68. The predicted molar refractivity (Wildman–Crippen MR) is 66.1 cm³/mol. The Morgan fingerprint density at radius 2 is 1.81 bits per heavy atom. The zero-order valence-corrected chi connectivity index (χ0v) is 9.66. The Kier molecular flexibility index (Phi) is 3.07. The van der Waals surface area contributed by atoms with Crippen molar-refractivity contribution >= 4 is 17.4 Å². The maximum Gasteiger partial charge on any atom is 0.194 e. The number of ketones is 1. The SMILES string of the molecule is Cc1cccc(C(=O)c2ccccc2Cl)c1. The van der Waals surface area contributed by atoms with Gasteiger partial charge >= 0.3 is 0 Å². The molecule has 0 radical (unpaired) electrons. The van der Waals surface area contributed by atoms with Gasteiger partial charge in [0.25, 0.3) is 0 Å². The monoisotopic (exact) mass is 230 g/mol. The summed E-state index contributed by atoms with van der Waals surface area (Å²) in [5.41, 5.74) is 2.29. The Balaban J connectivity index is 2.44. The van der Waals surface area contributed by atoms with Gasteiger partial charge in [0.1, 0.15) is 0 Å². The van der Waals surface area contributed by atoms with Gasteiger partial charge in [0.05, 0.1) is 5.02 Å². The lowest BCUT2D eigenvalue weighted by Gasteiger charge is -2.03. The predicted octanol–water partition coefficient (Wildman–Crippen LogP) is 3.88. The second kappa shape index (κ2) is 4.50. The van der Waals surface area contributed by atoms with Gasteiger partial charge in [-0.1, -0.05) is 47.5 Å². The molecule has 0 aliphatic heterocycles. The summed E-state index contributed by atoms with van der Waals surface area (Å²) in [5, 5.41) is 0.494. The third-order valence-corrected chi connectivity index (χ3v) is 2.73. The van der Waals surface area contributed by atoms with E-state index in [4.69, 9.17) is 11.6 Å². The van der Waals surface area contributed by atoms with Crippen LogP contribution in [-0.4, -0.2) is 5.78 Å². The number of carbonyl (C=O) groups is 1. The minimum absolute atomic E-state index is 0.0331. The van der Waals surface area contributed by atoms with Crippen molar-refractivity contribution < 1.29 is 4.79 Å². The van der Waals surface area contributed by atoms with Crippen molar-refractivity contribution in [2.24, 2.45) is 0 Å². The van der Waals surface area contributed by atoms with Gasteiger partial charge < -0.3 is 0 Å². The summed E-state index contributed by atoms with van der Waals surface area (Å²) in [6.07, 6.45) is 0. The molecular weight excluding hydrogens is 220 g/mol. The maximum atomic E-state index is 12.1. The Labute approximate surface area is 99.7 Å². The Morgan fingerprint density at radius 3 is 2.50 bits per heavy atom. The van der Waals surface area contributed by atoms with Crippen molar-refractivity contribution in [3.05, 3.63) is 70.2 Å². The number of hydrogen-bond acceptors (Lipinski definition) is 1. The van der Waals surface area contributed by atoms with Gasteiger partial charge in [-0.25, -0.2) is 0 Å². The molecule has 0 saturated heterocycles. The van der Waals surface area contributed by atoms with E-state index in [1.807, 2.05) is 37.3 Å². The first-order valence-corrected chi connectivity index (χ1v) is 5.42. The molecule has 2 aromatic carbocycles. The summed E-state index contributed by atoms with van der Waals surface area (Å²) in [4.78, 5) is 12.1. The van der Waals surface area contributed by atoms with Crippen molar-refractivity contribution in [1.82, 2.24) is 0 Å². The Bertz CT molecular complexity index is 532. The highest BCUT2D eigenvalue weighted by Crippen LogP contribution is 2.19. The minimum Gasteiger partial charge on any atom is -0.289 e. The van der Waals surface area contributed by atoms with Crippen LogP contribution in [0.5, 0.6) is 0 Å². The lowest BCUT2D eigenvalue weighted by atomic mass is 10.0. The summed E-state index contributed by atoms with van der Waals surface area (Å²) in [6, 6.07) is 14.6. The van der Waals surface area contributed by atoms with E-state index in [0.29, 0.717) is 16.1 Å². The van der Waals surface area contributed by atoms with Crippen molar-refractivity contribution in [1.29, 1.82) is 0 Å². The van der Waals surface area contributed by atoms with E-state index in [9.17, 15) is 4.79 Å². The number of rotatable bonds is 2. The van der Waals surface area contributed by atoms with Gasteiger partial charge in [-0.2, -0.15) is 0 Å². The lowest BCUT2D eigenvalue weighted by molar-refractivity contribution is 0.103. The van der Waals surface area contributed by atoms with Crippen LogP contribution in [0.4, 0.5) is 0 Å². The zero-order chi connectivity index (χ0) is 11.5. The summed E-state index contributed by atoms with van der Waals surface area (Å²) in [7, 11) is 0. The number of carbonyl (C=O) groups excluding carboxylic acids is 1. The van der Waals surface area contributed by atoms with Crippen LogP contribution in [0.25, 0.3) is 0 Å². The normalized spacial score (nSPS) is 10.1. The molecule has 1 nitrogen and oxygen atoms in total. The molecule has 0 fully saturated rings. The average Bonchev–Trinajstić information content (AvgIpc) is 2.29. The zero-order valence-electron chi connectivity index (χ0n) is 8.91. The quantitative estimate of drug-likeness (QED) is 0.716. The molecule has 0 spiro atoms. The largest absolute Gasteiger partial charge is 0.289 e.